The first kappa shape index (κ1) is 19.3. The fourth-order valence-corrected chi connectivity index (χ4v) is 3.52. The molecule has 0 bridgehead atoms. The molecule has 1 aliphatic carbocycles. The van der Waals surface area contributed by atoms with E-state index >= 15 is 0 Å². The minimum atomic E-state index is -1.98. The quantitative estimate of drug-likeness (QED) is 0.450. The molecule has 5 nitrogen and oxygen atoms in total. The number of halogens is 4. The van der Waals surface area contributed by atoms with Gasteiger partial charge in [0.15, 0.2) is 29.1 Å². The van der Waals surface area contributed by atoms with Crippen LogP contribution >= 0.6 is 11.3 Å². The molecule has 2 aromatic rings. The lowest BCUT2D eigenvalue weighted by Gasteiger charge is -2.11. The minimum Gasteiger partial charge on any atom is -0.308 e. The van der Waals surface area contributed by atoms with Crippen LogP contribution in [0.1, 0.15) is 26.6 Å². The number of aliphatic imine (C=N–C) groups is 1. The second kappa shape index (κ2) is 7.28. The lowest BCUT2D eigenvalue weighted by Crippen LogP contribution is -2.27. The average molecular weight is 399 g/mol. The van der Waals surface area contributed by atoms with Crippen LogP contribution in [0.25, 0.3) is 10.6 Å². The molecule has 0 aliphatic heterocycles. The SMILES string of the molecule is CN(C)CCN=C1CC(=O)c2nc(-c3cc(F)c(F)c(F)c3F)sc2C1=O. The monoisotopic (exact) mass is 399 g/mol. The summed E-state index contributed by atoms with van der Waals surface area (Å²) >= 11 is 0.613. The molecule has 0 saturated heterocycles. The summed E-state index contributed by atoms with van der Waals surface area (Å²) in [6.45, 7) is 0.885. The van der Waals surface area contributed by atoms with E-state index in [1.807, 2.05) is 19.0 Å². The topological polar surface area (TPSA) is 62.6 Å². The van der Waals surface area contributed by atoms with Crippen molar-refractivity contribution in [2.75, 3.05) is 27.2 Å². The Hall–Kier alpha value is -2.46. The van der Waals surface area contributed by atoms with Gasteiger partial charge in [0.25, 0.3) is 0 Å². The summed E-state index contributed by atoms with van der Waals surface area (Å²) in [4.78, 5) is 34.6. The highest BCUT2D eigenvalue weighted by Crippen LogP contribution is 2.35. The maximum Gasteiger partial charge on any atom is 0.219 e. The van der Waals surface area contributed by atoms with Crippen molar-refractivity contribution in [2.45, 2.75) is 6.42 Å². The zero-order valence-electron chi connectivity index (χ0n) is 14.3. The maximum absolute atomic E-state index is 14.0. The lowest BCUT2D eigenvalue weighted by molar-refractivity contribution is 0.0963. The van der Waals surface area contributed by atoms with E-state index in [1.54, 1.807) is 0 Å². The minimum absolute atomic E-state index is 0.0569. The molecule has 0 radical (unpaired) electrons. The first-order chi connectivity index (χ1) is 12.7. The number of carbonyl (C=O) groups excluding carboxylic acids is 2. The molecule has 142 valence electrons. The number of likely N-dealkylation sites (N-methyl/N-ethyl adjacent to an activating group) is 1. The Bertz CT molecular complexity index is 985. The summed E-state index contributed by atoms with van der Waals surface area (Å²) in [6, 6.07) is 0.444. The fourth-order valence-electron chi connectivity index (χ4n) is 2.47. The molecule has 3 rings (SSSR count). The molecule has 27 heavy (non-hydrogen) atoms. The zero-order chi connectivity index (χ0) is 19.9. The third-order valence-electron chi connectivity index (χ3n) is 3.87. The van der Waals surface area contributed by atoms with E-state index in [2.05, 4.69) is 9.98 Å². The van der Waals surface area contributed by atoms with Crippen LogP contribution < -0.4 is 0 Å². The van der Waals surface area contributed by atoms with Gasteiger partial charge >= 0.3 is 0 Å². The summed E-state index contributed by atoms with van der Waals surface area (Å²) in [6.07, 6.45) is -0.253. The van der Waals surface area contributed by atoms with E-state index in [9.17, 15) is 27.2 Å². The van der Waals surface area contributed by atoms with E-state index < -0.39 is 40.4 Å². The molecular weight excluding hydrogens is 386 g/mol. The van der Waals surface area contributed by atoms with Gasteiger partial charge in [-0.3, -0.25) is 14.6 Å². The Morgan fingerprint density at radius 2 is 1.85 bits per heavy atom. The number of rotatable bonds is 4. The second-order valence-electron chi connectivity index (χ2n) is 6.11. The molecule has 0 N–H and O–H groups in total. The van der Waals surface area contributed by atoms with Crippen LogP contribution in [-0.2, 0) is 0 Å². The Morgan fingerprint density at radius 3 is 2.52 bits per heavy atom. The standard InChI is InChI=1S/C17H13F4N3O2S/c1-24(2)4-3-22-9-6-10(25)14-16(15(9)26)27-17(23-14)7-5-8(18)12(20)13(21)11(7)19/h5H,3-4,6H2,1-2H3. The Balaban J connectivity index is 2.01. The summed E-state index contributed by atoms with van der Waals surface area (Å²) in [5.74, 6) is -8.20. The number of hydrogen-bond acceptors (Lipinski definition) is 6. The molecule has 0 saturated carbocycles. The highest BCUT2D eigenvalue weighted by Gasteiger charge is 2.34. The van der Waals surface area contributed by atoms with E-state index in [4.69, 9.17) is 0 Å². The predicted molar refractivity (Wildman–Crippen MR) is 91.5 cm³/mol. The predicted octanol–water partition coefficient (Wildman–Crippen LogP) is 3.14. The van der Waals surface area contributed by atoms with E-state index in [1.165, 1.54) is 0 Å². The molecular formula is C17H13F4N3O2S. The van der Waals surface area contributed by atoms with Crippen molar-refractivity contribution in [1.82, 2.24) is 9.88 Å². The van der Waals surface area contributed by atoms with Gasteiger partial charge in [-0.2, -0.15) is 0 Å². The van der Waals surface area contributed by atoms with Crippen LogP contribution in [0.15, 0.2) is 11.1 Å². The van der Waals surface area contributed by atoms with Gasteiger partial charge in [0.1, 0.15) is 15.6 Å². The normalized spacial score (nSPS) is 15.7. The van der Waals surface area contributed by atoms with Crippen LogP contribution in [0.4, 0.5) is 17.6 Å². The fraction of sp³-hybridized carbons (Fsp3) is 0.294. The number of hydrogen-bond donors (Lipinski definition) is 0. The molecule has 1 heterocycles. The van der Waals surface area contributed by atoms with Crippen molar-refractivity contribution in [3.05, 3.63) is 39.9 Å². The lowest BCUT2D eigenvalue weighted by atomic mass is 9.98. The first-order valence-corrected chi connectivity index (χ1v) is 8.62. The van der Waals surface area contributed by atoms with Gasteiger partial charge in [-0.15, -0.1) is 11.3 Å². The van der Waals surface area contributed by atoms with Gasteiger partial charge in [-0.05, 0) is 20.2 Å². The Labute approximate surface area is 155 Å². The Morgan fingerprint density at radius 1 is 1.15 bits per heavy atom. The van der Waals surface area contributed by atoms with Crippen molar-refractivity contribution < 1.29 is 27.2 Å². The molecule has 0 fully saturated rings. The third-order valence-corrected chi connectivity index (χ3v) is 4.96. The van der Waals surface area contributed by atoms with E-state index in [0.717, 1.165) is 0 Å². The largest absolute Gasteiger partial charge is 0.308 e. The first-order valence-electron chi connectivity index (χ1n) is 7.80. The van der Waals surface area contributed by atoms with Gasteiger partial charge in [0, 0.05) is 6.54 Å². The number of aromatic nitrogens is 1. The Kier molecular flexibility index (Phi) is 5.20. The molecule has 0 spiro atoms. The summed E-state index contributed by atoms with van der Waals surface area (Å²) < 4.78 is 54.0. The number of Topliss-reactive ketones (excluding diaryl/α,β-unsaturated/α-hetero) is 2. The average Bonchev–Trinajstić information content (AvgIpc) is 3.06. The molecule has 1 aromatic carbocycles. The van der Waals surface area contributed by atoms with Crippen LogP contribution in [0, 0.1) is 23.3 Å². The summed E-state index contributed by atoms with van der Waals surface area (Å²) in [5, 5.41) is -0.286. The van der Waals surface area contributed by atoms with Gasteiger partial charge in [-0.25, -0.2) is 22.5 Å². The van der Waals surface area contributed by atoms with E-state index in [0.29, 0.717) is 30.5 Å². The number of carbonyl (C=O) groups is 2. The number of thiazole rings is 1. The number of fused-ring (bicyclic) bond motifs is 1. The van der Waals surface area contributed by atoms with Crippen LogP contribution in [0.5, 0.6) is 0 Å². The van der Waals surface area contributed by atoms with Crippen LogP contribution in [-0.4, -0.2) is 54.3 Å². The molecule has 10 heteroatoms. The molecule has 1 aliphatic rings. The zero-order valence-corrected chi connectivity index (χ0v) is 15.1. The van der Waals surface area contributed by atoms with Crippen LogP contribution in [0.2, 0.25) is 0 Å². The van der Waals surface area contributed by atoms with Gasteiger partial charge in [-0.1, -0.05) is 0 Å². The highest BCUT2D eigenvalue weighted by molar-refractivity contribution is 7.18. The van der Waals surface area contributed by atoms with Crippen molar-refractivity contribution in [3.63, 3.8) is 0 Å². The number of nitrogens with zero attached hydrogens (tertiary/aromatic N) is 3. The van der Waals surface area contributed by atoms with Crippen molar-refractivity contribution in [2.24, 2.45) is 4.99 Å². The van der Waals surface area contributed by atoms with Crippen molar-refractivity contribution in [3.8, 4) is 10.6 Å². The molecule has 0 atom stereocenters. The summed E-state index contributed by atoms with van der Waals surface area (Å²) in [7, 11) is 3.66. The third kappa shape index (κ3) is 3.54. The van der Waals surface area contributed by atoms with Crippen molar-refractivity contribution >= 4 is 28.6 Å². The smallest absolute Gasteiger partial charge is 0.219 e. The highest BCUT2D eigenvalue weighted by atomic mass is 32.1. The van der Waals surface area contributed by atoms with Gasteiger partial charge in [0.05, 0.1) is 24.2 Å². The van der Waals surface area contributed by atoms with Gasteiger partial charge in [0.2, 0.25) is 5.78 Å². The van der Waals surface area contributed by atoms with Crippen LogP contribution in [0.3, 0.4) is 0 Å². The molecule has 1 aromatic heterocycles. The van der Waals surface area contributed by atoms with Crippen molar-refractivity contribution in [1.29, 1.82) is 0 Å². The number of ketones is 2. The molecule has 0 unspecified atom stereocenters. The molecule has 0 amide bonds. The summed E-state index contributed by atoms with van der Waals surface area (Å²) in [5.41, 5.74) is -0.796. The van der Waals surface area contributed by atoms with E-state index in [-0.39, 0.29) is 27.7 Å². The maximum atomic E-state index is 14.0. The van der Waals surface area contributed by atoms with Gasteiger partial charge < -0.3 is 4.90 Å². The second-order valence-corrected chi connectivity index (χ2v) is 7.10. The number of benzene rings is 1.